The highest BCUT2D eigenvalue weighted by atomic mass is 35.5. The predicted molar refractivity (Wildman–Crippen MR) is 99.5 cm³/mol. The maximum atomic E-state index is 13.7. The molecule has 0 spiro atoms. The number of benzene rings is 1. The third kappa shape index (κ3) is 5.34. The molecule has 12 heteroatoms. The van der Waals surface area contributed by atoms with Gasteiger partial charge in [-0.3, -0.25) is 23.5 Å². The monoisotopic (exact) mass is 448 g/mol. The second-order valence-electron chi connectivity index (χ2n) is 6.26. The van der Waals surface area contributed by atoms with Crippen molar-refractivity contribution >= 4 is 31.7 Å². The molecule has 1 fully saturated rings. The molecule has 0 saturated carbocycles. The van der Waals surface area contributed by atoms with E-state index in [1.54, 1.807) is 18.2 Å². The molecule has 0 aromatic heterocycles. The molecule has 0 bridgehead atoms. The van der Waals surface area contributed by atoms with Crippen LogP contribution in [0, 0.1) is 0 Å². The Kier molecular flexibility index (Phi) is 6.92. The van der Waals surface area contributed by atoms with E-state index < -0.39 is 31.9 Å². The van der Waals surface area contributed by atoms with E-state index in [2.05, 4.69) is 5.32 Å². The molecule has 1 saturated heterocycles. The largest absolute Gasteiger partial charge is 0.530 e. The van der Waals surface area contributed by atoms with E-state index in [-0.39, 0.29) is 13.2 Å². The second kappa shape index (κ2) is 9.23. The molecular weight excluding hydrogens is 430 g/mol. The fraction of sp³-hybridized carbons (Fsp3) is 0.412. The van der Waals surface area contributed by atoms with Crippen molar-refractivity contribution in [2.45, 2.75) is 31.8 Å². The number of hydrogen-bond acceptors (Lipinski definition) is 7. The van der Waals surface area contributed by atoms with Crippen molar-refractivity contribution in [3.05, 3.63) is 40.8 Å². The second-order valence-corrected chi connectivity index (χ2v) is 8.29. The molecule has 3 atom stereocenters. The SMILES string of the molecule is CNC(=O)/C(F)=C\N(C=O)C1CCC(COP2(=O)OCc3cc(Cl)ccc3O2)O1. The minimum Gasteiger partial charge on any atom is -0.404 e. The Morgan fingerprint density at radius 2 is 2.28 bits per heavy atom. The van der Waals surface area contributed by atoms with Crippen LogP contribution < -0.4 is 9.84 Å². The highest BCUT2D eigenvalue weighted by Gasteiger charge is 2.37. The highest BCUT2D eigenvalue weighted by molar-refractivity contribution is 7.49. The minimum absolute atomic E-state index is 0.0177. The number of ether oxygens (including phenoxy) is 1. The molecule has 2 amide bonds. The number of nitrogens with zero attached hydrogens (tertiary/aromatic N) is 1. The topological polar surface area (TPSA) is 103 Å². The van der Waals surface area contributed by atoms with Crippen LogP contribution in [0.2, 0.25) is 5.02 Å². The molecule has 0 aliphatic carbocycles. The van der Waals surface area contributed by atoms with Gasteiger partial charge < -0.3 is 14.6 Å². The number of carbonyl (C=O) groups excluding carboxylic acids is 2. The van der Waals surface area contributed by atoms with E-state index >= 15 is 0 Å². The van der Waals surface area contributed by atoms with E-state index in [0.29, 0.717) is 35.6 Å². The van der Waals surface area contributed by atoms with Crippen LogP contribution in [0.1, 0.15) is 18.4 Å². The van der Waals surface area contributed by atoms with Crippen LogP contribution in [-0.4, -0.2) is 43.2 Å². The number of phosphoric ester groups is 1. The number of nitrogens with one attached hydrogen (secondary N) is 1. The van der Waals surface area contributed by atoms with Gasteiger partial charge in [0.2, 0.25) is 12.2 Å². The number of halogens is 2. The molecule has 3 rings (SSSR count). The van der Waals surface area contributed by atoms with E-state index in [4.69, 9.17) is 29.9 Å². The van der Waals surface area contributed by atoms with Crippen molar-refractivity contribution in [2.75, 3.05) is 13.7 Å². The molecule has 1 aromatic carbocycles. The van der Waals surface area contributed by atoms with E-state index in [1.807, 2.05) is 0 Å². The summed E-state index contributed by atoms with van der Waals surface area (Å²) in [5.41, 5.74) is 0.649. The van der Waals surface area contributed by atoms with Gasteiger partial charge in [-0.05, 0) is 31.0 Å². The lowest BCUT2D eigenvalue weighted by molar-refractivity contribution is -0.127. The Labute approximate surface area is 171 Å². The van der Waals surface area contributed by atoms with E-state index in [9.17, 15) is 18.5 Å². The average molecular weight is 449 g/mol. The summed E-state index contributed by atoms with van der Waals surface area (Å²) in [4.78, 5) is 23.4. The van der Waals surface area contributed by atoms with Gasteiger partial charge in [0, 0.05) is 17.6 Å². The van der Waals surface area contributed by atoms with Crippen molar-refractivity contribution in [3.8, 4) is 5.75 Å². The zero-order valence-electron chi connectivity index (χ0n) is 15.4. The van der Waals surface area contributed by atoms with Crippen molar-refractivity contribution in [1.29, 1.82) is 0 Å². The van der Waals surface area contributed by atoms with Crippen molar-refractivity contribution < 1.29 is 36.9 Å². The maximum Gasteiger partial charge on any atom is 0.530 e. The number of amides is 2. The molecule has 9 nitrogen and oxygen atoms in total. The Morgan fingerprint density at radius 1 is 1.48 bits per heavy atom. The molecule has 29 heavy (non-hydrogen) atoms. The predicted octanol–water partition coefficient (Wildman–Crippen LogP) is 2.89. The van der Waals surface area contributed by atoms with Crippen LogP contribution in [-0.2, 0) is 34.5 Å². The lowest BCUT2D eigenvalue weighted by atomic mass is 10.2. The van der Waals surface area contributed by atoms with Crippen LogP contribution >= 0.6 is 19.4 Å². The van der Waals surface area contributed by atoms with Gasteiger partial charge in [0.1, 0.15) is 12.0 Å². The number of phosphoric acid groups is 1. The first kappa shape index (κ1) is 21.7. The Morgan fingerprint density at radius 3 is 3.00 bits per heavy atom. The van der Waals surface area contributed by atoms with Gasteiger partial charge in [0.05, 0.1) is 25.5 Å². The van der Waals surface area contributed by atoms with Crippen LogP contribution in [0.15, 0.2) is 30.2 Å². The van der Waals surface area contributed by atoms with Crippen LogP contribution in [0.5, 0.6) is 5.75 Å². The molecule has 2 heterocycles. The summed E-state index contributed by atoms with van der Waals surface area (Å²) in [7, 11) is -2.57. The molecule has 1 N–H and O–H groups in total. The fourth-order valence-electron chi connectivity index (χ4n) is 2.80. The number of fused-ring (bicyclic) bond motifs is 1. The summed E-state index contributed by atoms with van der Waals surface area (Å²) >= 11 is 5.90. The first-order valence-electron chi connectivity index (χ1n) is 8.68. The van der Waals surface area contributed by atoms with Gasteiger partial charge in [-0.2, -0.15) is 4.39 Å². The minimum atomic E-state index is -3.83. The van der Waals surface area contributed by atoms with Crippen LogP contribution in [0.4, 0.5) is 4.39 Å². The zero-order chi connectivity index (χ0) is 21.0. The molecule has 3 unspecified atom stereocenters. The van der Waals surface area contributed by atoms with Gasteiger partial charge >= 0.3 is 7.82 Å². The van der Waals surface area contributed by atoms with Crippen molar-refractivity contribution in [2.24, 2.45) is 0 Å². The Bertz CT molecular complexity index is 868. The third-order valence-corrected chi connectivity index (χ3v) is 5.84. The number of likely N-dealkylation sites (N-methyl/N-ethyl adjacent to an activating group) is 1. The smallest absolute Gasteiger partial charge is 0.404 e. The van der Waals surface area contributed by atoms with Gasteiger partial charge in [-0.1, -0.05) is 11.6 Å². The first-order valence-corrected chi connectivity index (χ1v) is 10.5. The fourth-order valence-corrected chi connectivity index (χ4v) is 4.24. The van der Waals surface area contributed by atoms with Crippen LogP contribution in [0.3, 0.4) is 0 Å². The summed E-state index contributed by atoms with van der Waals surface area (Å²) in [6, 6.07) is 4.82. The van der Waals surface area contributed by atoms with Crippen molar-refractivity contribution in [1.82, 2.24) is 10.2 Å². The van der Waals surface area contributed by atoms with Crippen molar-refractivity contribution in [3.63, 3.8) is 0 Å². The molecule has 158 valence electrons. The lowest BCUT2D eigenvalue weighted by Crippen LogP contribution is -2.32. The number of carbonyl (C=O) groups is 2. The summed E-state index contributed by atoms with van der Waals surface area (Å²) in [5.74, 6) is -1.73. The quantitative estimate of drug-likeness (QED) is 0.388. The van der Waals surface area contributed by atoms with E-state index in [0.717, 1.165) is 11.1 Å². The molecule has 2 aliphatic rings. The summed E-state index contributed by atoms with van der Waals surface area (Å²) < 4.78 is 47.8. The number of hydrogen-bond donors (Lipinski definition) is 1. The highest BCUT2D eigenvalue weighted by Crippen LogP contribution is 2.55. The molecule has 2 aliphatic heterocycles. The van der Waals surface area contributed by atoms with E-state index in [1.165, 1.54) is 7.05 Å². The zero-order valence-corrected chi connectivity index (χ0v) is 17.0. The molecule has 1 aromatic rings. The van der Waals surface area contributed by atoms with Gasteiger partial charge in [-0.15, -0.1) is 0 Å². The Hall–Kier alpha value is -1.97. The van der Waals surface area contributed by atoms with Gasteiger partial charge in [-0.25, -0.2) is 4.57 Å². The maximum absolute atomic E-state index is 13.7. The molecular formula is C17H19ClFN2O7P. The average Bonchev–Trinajstić information content (AvgIpc) is 3.19. The summed E-state index contributed by atoms with van der Waals surface area (Å²) in [5, 5.41) is 2.61. The molecule has 0 radical (unpaired) electrons. The Balaban J connectivity index is 1.55. The standard InChI is InChI=1S/C17H19ClFN2O7P/c1-20-17(23)14(19)7-21(10-22)16-5-3-13(27-16)9-26-29(24)25-8-11-6-12(18)2-4-15(11)28-29/h2,4,6-7,10,13,16H,3,5,8-9H2,1H3,(H,20,23)/b14-7+. The lowest BCUT2D eigenvalue weighted by Gasteiger charge is -2.26. The third-order valence-electron chi connectivity index (χ3n) is 4.28. The number of rotatable bonds is 7. The summed E-state index contributed by atoms with van der Waals surface area (Å²) in [6.45, 7) is -0.102. The summed E-state index contributed by atoms with van der Waals surface area (Å²) in [6.07, 6.45) is 0.636. The van der Waals surface area contributed by atoms with Gasteiger partial charge in [0.25, 0.3) is 5.91 Å². The van der Waals surface area contributed by atoms with Crippen LogP contribution in [0.25, 0.3) is 0 Å². The van der Waals surface area contributed by atoms with Gasteiger partial charge in [0.15, 0.2) is 0 Å². The normalized spacial score (nSPS) is 26.4. The first-order chi connectivity index (χ1) is 13.8.